The summed E-state index contributed by atoms with van der Waals surface area (Å²) in [7, 11) is 0. The highest BCUT2D eigenvalue weighted by Gasteiger charge is 2.38. The molecule has 0 aromatic heterocycles. The lowest BCUT2D eigenvalue weighted by Gasteiger charge is -2.09. The molecule has 4 rings (SSSR count). The van der Waals surface area contributed by atoms with Gasteiger partial charge in [-0.15, -0.1) is 0 Å². The van der Waals surface area contributed by atoms with Crippen LogP contribution in [0.1, 0.15) is 29.0 Å². The molecule has 3 aromatic rings. The van der Waals surface area contributed by atoms with E-state index in [1.54, 1.807) is 0 Å². The molecule has 24 heavy (non-hydrogen) atoms. The molecular weight excluding hydrogens is 294 g/mol. The zero-order valence-electron chi connectivity index (χ0n) is 13.5. The van der Waals surface area contributed by atoms with Gasteiger partial charge >= 0.3 is 0 Å². The minimum atomic E-state index is 0.506. The van der Waals surface area contributed by atoms with Crippen LogP contribution in [-0.4, -0.2) is 6.61 Å². The van der Waals surface area contributed by atoms with Crippen LogP contribution in [0.5, 0.6) is 0 Å². The van der Waals surface area contributed by atoms with Crippen LogP contribution in [0.4, 0.5) is 0 Å². The summed E-state index contributed by atoms with van der Waals surface area (Å²) in [5, 5.41) is 11.6. The average molecular weight is 313 g/mol. The molecule has 1 fully saturated rings. The smallest absolute Gasteiger partial charge is 0.100 e. The molecule has 0 unspecified atom stereocenters. The molecule has 2 nitrogen and oxygen atoms in total. The SMILES string of the molecule is N#Cc1c(COC[C@H]2C[C@@H]2c2ccccc2)ccc2ccccc12. The molecule has 3 aromatic carbocycles. The first kappa shape index (κ1) is 14.9. The van der Waals surface area contributed by atoms with Gasteiger partial charge in [0.1, 0.15) is 6.07 Å². The number of nitriles is 1. The number of benzene rings is 3. The fraction of sp³-hybridized carbons (Fsp3) is 0.227. The van der Waals surface area contributed by atoms with Gasteiger partial charge in [0, 0.05) is 0 Å². The molecule has 2 atom stereocenters. The highest BCUT2D eigenvalue weighted by Crippen LogP contribution is 2.47. The lowest BCUT2D eigenvalue weighted by molar-refractivity contribution is 0.110. The lowest BCUT2D eigenvalue weighted by Crippen LogP contribution is -2.01. The van der Waals surface area contributed by atoms with E-state index < -0.39 is 0 Å². The lowest BCUT2D eigenvalue weighted by atomic mass is 10.0. The van der Waals surface area contributed by atoms with Crippen LogP contribution >= 0.6 is 0 Å². The van der Waals surface area contributed by atoms with Gasteiger partial charge in [-0.3, -0.25) is 0 Å². The van der Waals surface area contributed by atoms with Crippen molar-refractivity contribution >= 4 is 10.8 Å². The molecule has 0 heterocycles. The molecule has 2 heteroatoms. The number of hydrogen-bond acceptors (Lipinski definition) is 2. The number of nitrogens with zero attached hydrogens (tertiary/aromatic N) is 1. The van der Waals surface area contributed by atoms with E-state index in [-0.39, 0.29) is 0 Å². The van der Waals surface area contributed by atoms with Crippen LogP contribution in [-0.2, 0) is 11.3 Å². The van der Waals surface area contributed by atoms with Crippen molar-refractivity contribution in [2.45, 2.75) is 18.9 Å². The highest BCUT2D eigenvalue weighted by molar-refractivity contribution is 5.88. The molecule has 0 bridgehead atoms. The Kier molecular flexibility index (Phi) is 4.02. The third-order valence-electron chi connectivity index (χ3n) is 4.87. The standard InChI is InChI=1S/C22H19NO/c23-13-22-18(11-10-17-8-4-5-9-20(17)22)14-24-15-19-12-21(19)16-6-2-1-3-7-16/h1-11,19,21H,12,14-15H2/t19-,21-/m1/s1. The van der Waals surface area contributed by atoms with Crippen molar-refractivity contribution in [1.82, 2.24) is 0 Å². The van der Waals surface area contributed by atoms with Gasteiger partial charge in [0.25, 0.3) is 0 Å². The molecule has 0 spiro atoms. The summed E-state index contributed by atoms with van der Waals surface area (Å²) in [5.41, 5.74) is 3.13. The van der Waals surface area contributed by atoms with E-state index in [9.17, 15) is 5.26 Å². The maximum atomic E-state index is 9.52. The normalized spacial score (nSPS) is 19.1. The van der Waals surface area contributed by atoms with Crippen molar-refractivity contribution in [2.24, 2.45) is 5.92 Å². The Balaban J connectivity index is 1.41. The molecule has 0 N–H and O–H groups in total. The second kappa shape index (κ2) is 6.47. The molecule has 1 saturated carbocycles. The Labute approximate surface area is 142 Å². The molecule has 0 amide bonds. The first-order valence-corrected chi connectivity index (χ1v) is 8.40. The quantitative estimate of drug-likeness (QED) is 0.661. The van der Waals surface area contributed by atoms with Crippen LogP contribution in [0, 0.1) is 17.2 Å². The molecule has 1 aliphatic rings. The van der Waals surface area contributed by atoms with Crippen LogP contribution < -0.4 is 0 Å². The van der Waals surface area contributed by atoms with Crippen molar-refractivity contribution in [3.8, 4) is 6.07 Å². The fourth-order valence-electron chi connectivity index (χ4n) is 3.43. The second-order valence-corrected chi connectivity index (χ2v) is 6.46. The van der Waals surface area contributed by atoms with Crippen molar-refractivity contribution in [3.05, 3.63) is 83.4 Å². The van der Waals surface area contributed by atoms with Gasteiger partial charge in [-0.1, -0.05) is 66.7 Å². The fourth-order valence-corrected chi connectivity index (χ4v) is 3.43. The van der Waals surface area contributed by atoms with E-state index in [1.165, 1.54) is 12.0 Å². The number of ether oxygens (including phenoxy) is 1. The third-order valence-corrected chi connectivity index (χ3v) is 4.87. The Hall–Kier alpha value is -2.63. The van der Waals surface area contributed by atoms with E-state index in [4.69, 9.17) is 4.74 Å². The minimum absolute atomic E-state index is 0.506. The zero-order valence-corrected chi connectivity index (χ0v) is 13.5. The third kappa shape index (κ3) is 2.91. The van der Waals surface area contributed by atoms with Crippen molar-refractivity contribution in [1.29, 1.82) is 5.26 Å². The van der Waals surface area contributed by atoms with Crippen LogP contribution in [0.3, 0.4) is 0 Å². The summed E-state index contributed by atoms with van der Waals surface area (Å²) in [6.07, 6.45) is 1.20. The minimum Gasteiger partial charge on any atom is -0.376 e. The number of rotatable bonds is 5. The molecule has 1 aliphatic carbocycles. The predicted octanol–water partition coefficient (Wildman–Crippen LogP) is 5.03. The van der Waals surface area contributed by atoms with E-state index >= 15 is 0 Å². The number of fused-ring (bicyclic) bond motifs is 1. The van der Waals surface area contributed by atoms with Gasteiger partial charge in [0.15, 0.2) is 0 Å². The van der Waals surface area contributed by atoms with E-state index in [2.05, 4.69) is 42.5 Å². The summed E-state index contributed by atoms with van der Waals surface area (Å²) in [6.45, 7) is 1.27. The van der Waals surface area contributed by atoms with Gasteiger partial charge < -0.3 is 4.74 Å². The highest BCUT2D eigenvalue weighted by atomic mass is 16.5. The van der Waals surface area contributed by atoms with Gasteiger partial charge in [0.05, 0.1) is 18.8 Å². The maximum Gasteiger partial charge on any atom is 0.100 e. The Morgan fingerprint density at radius 1 is 0.958 bits per heavy atom. The van der Waals surface area contributed by atoms with Gasteiger partial charge in [0.2, 0.25) is 0 Å². The van der Waals surface area contributed by atoms with E-state index in [0.717, 1.165) is 28.5 Å². The second-order valence-electron chi connectivity index (χ2n) is 6.46. The summed E-state index contributed by atoms with van der Waals surface area (Å²) < 4.78 is 5.94. The summed E-state index contributed by atoms with van der Waals surface area (Å²) in [6, 6.07) is 25.1. The Morgan fingerprint density at radius 3 is 2.58 bits per heavy atom. The Bertz CT molecular complexity index is 895. The maximum absolute atomic E-state index is 9.52. The van der Waals surface area contributed by atoms with Gasteiger partial charge in [-0.05, 0) is 40.2 Å². The summed E-state index contributed by atoms with van der Waals surface area (Å²) in [5.74, 6) is 1.25. The summed E-state index contributed by atoms with van der Waals surface area (Å²) >= 11 is 0. The van der Waals surface area contributed by atoms with Crippen LogP contribution in [0.2, 0.25) is 0 Å². The van der Waals surface area contributed by atoms with E-state index in [1.807, 2.05) is 30.3 Å². The molecule has 0 saturated heterocycles. The molecular formula is C22H19NO. The first-order chi connectivity index (χ1) is 11.9. The van der Waals surface area contributed by atoms with Crippen molar-refractivity contribution < 1.29 is 4.74 Å². The first-order valence-electron chi connectivity index (χ1n) is 8.40. The van der Waals surface area contributed by atoms with Crippen LogP contribution in [0.15, 0.2) is 66.7 Å². The van der Waals surface area contributed by atoms with Gasteiger partial charge in [-0.25, -0.2) is 0 Å². The Morgan fingerprint density at radius 2 is 1.75 bits per heavy atom. The molecule has 0 aliphatic heterocycles. The predicted molar refractivity (Wildman–Crippen MR) is 95.6 cm³/mol. The average Bonchev–Trinajstić information content (AvgIpc) is 3.42. The van der Waals surface area contributed by atoms with Crippen molar-refractivity contribution in [3.63, 3.8) is 0 Å². The molecule has 0 radical (unpaired) electrons. The number of hydrogen-bond donors (Lipinski definition) is 0. The van der Waals surface area contributed by atoms with Crippen molar-refractivity contribution in [2.75, 3.05) is 6.61 Å². The monoisotopic (exact) mass is 313 g/mol. The summed E-state index contributed by atoms with van der Waals surface area (Å²) in [4.78, 5) is 0. The topological polar surface area (TPSA) is 33.0 Å². The largest absolute Gasteiger partial charge is 0.376 e. The molecule has 118 valence electrons. The van der Waals surface area contributed by atoms with Gasteiger partial charge in [-0.2, -0.15) is 5.26 Å². The van der Waals surface area contributed by atoms with E-state index in [0.29, 0.717) is 18.4 Å². The zero-order chi connectivity index (χ0) is 16.4. The van der Waals surface area contributed by atoms with Crippen LogP contribution in [0.25, 0.3) is 10.8 Å².